The molecular weight excluding hydrogens is 381 g/mol. The molecule has 0 aromatic carbocycles. The zero-order chi connectivity index (χ0) is 22.5. The summed E-state index contributed by atoms with van der Waals surface area (Å²) in [7, 11) is 0. The van der Waals surface area contributed by atoms with E-state index in [1.807, 2.05) is 32.6 Å². The summed E-state index contributed by atoms with van der Waals surface area (Å²) in [6.07, 6.45) is -4.35. The Bertz CT molecular complexity index is 544. The molecule has 0 aromatic rings. The molecule has 1 aliphatic carbocycles. The van der Waals surface area contributed by atoms with Crippen molar-refractivity contribution in [2.75, 3.05) is 13.1 Å². The fourth-order valence-electron chi connectivity index (χ4n) is 3.36. The van der Waals surface area contributed by atoms with Gasteiger partial charge in [0, 0.05) is 13.1 Å². The fourth-order valence-corrected chi connectivity index (χ4v) is 3.36. The summed E-state index contributed by atoms with van der Waals surface area (Å²) in [5, 5.41) is 6.89. The highest BCUT2D eigenvalue weighted by Crippen LogP contribution is 2.61. The van der Waals surface area contributed by atoms with Gasteiger partial charge in [-0.05, 0) is 44.9 Å². The van der Waals surface area contributed by atoms with Gasteiger partial charge in [0.2, 0.25) is 5.91 Å². The molecule has 2 unspecified atom stereocenters. The molecule has 28 heavy (non-hydrogen) atoms. The van der Waals surface area contributed by atoms with Crippen LogP contribution in [-0.4, -0.2) is 59.3 Å². The first kappa shape index (κ1) is 26.2. The van der Waals surface area contributed by atoms with E-state index >= 15 is 0 Å². The van der Waals surface area contributed by atoms with Gasteiger partial charge in [0.1, 0.15) is 0 Å². The highest BCUT2D eigenvalue weighted by atomic mass is 19.4. The smallest absolute Gasteiger partial charge is 0.470 e. The number of carboxylic acid groups (broad SMARTS) is 1. The van der Waals surface area contributed by atoms with E-state index < -0.39 is 12.1 Å². The molecule has 3 N–H and O–H groups in total. The normalized spacial score (nSPS) is 23.2. The van der Waals surface area contributed by atoms with Crippen LogP contribution in [0.3, 0.4) is 0 Å². The van der Waals surface area contributed by atoms with Crippen LogP contribution in [0, 0.1) is 17.3 Å². The van der Waals surface area contributed by atoms with Gasteiger partial charge in [-0.15, -0.1) is 0 Å². The lowest BCUT2D eigenvalue weighted by atomic mass is 10.1. The van der Waals surface area contributed by atoms with Gasteiger partial charge in [-0.1, -0.05) is 13.8 Å². The van der Waals surface area contributed by atoms with Gasteiger partial charge in [0.05, 0.1) is 18.1 Å². The molecule has 1 saturated carbocycles. The van der Waals surface area contributed by atoms with Crippen molar-refractivity contribution in [3.05, 3.63) is 0 Å². The van der Waals surface area contributed by atoms with Gasteiger partial charge in [-0.2, -0.15) is 13.2 Å². The Morgan fingerprint density at radius 2 is 1.61 bits per heavy atom. The van der Waals surface area contributed by atoms with Crippen molar-refractivity contribution in [1.29, 1.82) is 0 Å². The van der Waals surface area contributed by atoms with E-state index in [9.17, 15) is 18.0 Å². The first-order valence-corrected chi connectivity index (χ1v) is 8.87. The van der Waals surface area contributed by atoms with Crippen molar-refractivity contribution in [2.24, 2.45) is 23.0 Å². The second-order valence-corrected chi connectivity index (χ2v) is 8.55. The first-order chi connectivity index (χ1) is 12.5. The SMILES string of the molecule is C[C@H](CC(=O)N1CC2C(C1)C2(C)C)OC(C)(C)C.NC(=O)C(F)(F)F.O=CO. The van der Waals surface area contributed by atoms with Crippen LogP contribution in [0.15, 0.2) is 0 Å². The van der Waals surface area contributed by atoms with Crippen molar-refractivity contribution in [1.82, 2.24) is 4.90 Å². The summed E-state index contributed by atoms with van der Waals surface area (Å²) in [5.74, 6) is -0.525. The second kappa shape index (κ2) is 9.58. The summed E-state index contributed by atoms with van der Waals surface area (Å²) in [4.78, 5) is 31.7. The number of fused-ring (bicyclic) bond motifs is 1. The molecule has 0 bridgehead atoms. The zero-order valence-electron chi connectivity index (χ0n) is 17.2. The summed E-state index contributed by atoms with van der Waals surface area (Å²) >= 11 is 0. The Labute approximate surface area is 163 Å². The monoisotopic (exact) mass is 412 g/mol. The molecule has 10 heteroatoms. The van der Waals surface area contributed by atoms with E-state index in [1.165, 1.54) is 0 Å². The molecule has 0 spiro atoms. The van der Waals surface area contributed by atoms with Gasteiger partial charge >= 0.3 is 12.1 Å². The standard InChI is InChI=1S/C15H27NO2.C2H2F3NO.CH2O2/c1-10(18-14(2,3)4)7-13(17)16-8-11-12(9-16)15(11,5)6;3-2(4,5)1(6)7;2-1-3/h10-12H,7-9H2,1-6H3;(H2,6,7);1H,(H,2,3)/t10-,11?,12?;;/m1../s1. The Morgan fingerprint density at radius 3 is 1.89 bits per heavy atom. The number of primary amides is 1. The number of amides is 2. The molecule has 3 atom stereocenters. The minimum atomic E-state index is -4.86. The molecule has 2 aliphatic rings. The number of hydrogen-bond donors (Lipinski definition) is 2. The summed E-state index contributed by atoms with van der Waals surface area (Å²) < 4.78 is 37.9. The van der Waals surface area contributed by atoms with E-state index in [0.29, 0.717) is 11.8 Å². The third-order valence-electron chi connectivity index (χ3n) is 4.77. The molecular formula is C18H31F3N2O5. The molecule has 2 amide bonds. The van der Waals surface area contributed by atoms with Crippen molar-refractivity contribution in [2.45, 2.75) is 65.8 Å². The number of ether oxygens (including phenoxy) is 1. The van der Waals surface area contributed by atoms with Gasteiger partial charge in [0.15, 0.2) is 0 Å². The van der Waals surface area contributed by atoms with Gasteiger partial charge in [-0.25, -0.2) is 0 Å². The number of nitrogens with zero attached hydrogens (tertiary/aromatic N) is 1. The van der Waals surface area contributed by atoms with Crippen molar-refractivity contribution in [3.63, 3.8) is 0 Å². The van der Waals surface area contributed by atoms with E-state index in [4.69, 9.17) is 19.4 Å². The van der Waals surface area contributed by atoms with Crippen LogP contribution in [0.2, 0.25) is 0 Å². The van der Waals surface area contributed by atoms with Crippen LogP contribution in [-0.2, 0) is 19.1 Å². The molecule has 1 aliphatic heterocycles. The molecule has 164 valence electrons. The van der Waals surface area contributed by atoms with Crippen LogP contribution >= 0.6 is 0 Å². The lowest BCUT2D eigenvalue weighted by Crippen LogP contribution is -2.36. The van der Waals surface area contributed by atoms with E-state index in [2.05, 4.69) is 19.6 Å². The Hall–Kier alpha value is -1.84. The predicted octanol–water partition coefficient (Wildman–Crippen LogP) is 2.43. The number of nitrogens with two attached hydrogens (primary N) is 1. The third-order valence-corrected chi connectivity index (χ3v) is 4.77. The van der Waals surface area contributed by atoms with Crippen LogP contribution < -0.4 is 5.73 Å². The molecule has 0 radical (unpaired) electrons. The Balaban J connectivity index is 0.000000612. The zero-order valence-corrected chi connectivity index (χ0v) is 17.2. The number of likely N-dealkylation sites (tertiary alicyclic amines) is 1. The summed E-state index contributed by atoms with van der Waals surface area (Å²) in [6, 6.07) is 0. The lowest BCUT2D eigenvalue weighted by Gasteiger charge is -2.27. The average Bonchev–Trinajstić information content (AvgIpc) is 2.85. The summed E-state index contributed by atoms with van der Waals surface area (Å²) in [5.41, 5.74) is 4.11. The quantitative estimate of drug-likeness (QED) is 0.692. The van der Waals surface area contributed by atoms with Crippen molar-refractivity contribution >= 4 is 18.3 Å². The third kappa shape index (κ3) is 8.45. The lowest BCUT2D eigenvalue weighted by molar-refractivity contribution is -0.169. The Kier molecular flexibility index (Phi) is 8.95. The number of hydrogen-bond acceptors (Lipinski definition) is 4. The van der Waals surface area contributed by atoms with Crippen molar-refractivity contribution < 1.29 is 37.4 Å². The number of piperidine rings is 1. The van der Waals surface area contributed by atoms with Gasteiger partial charge < -0.3 is 20.5 Å². The first-order valence-electron chi connectivity index (χ1n) is 8.87. The molecule has 2 rings (SSSR count). The molecule has 2 fully saturated rings. The number of alkyl halides is 3. The number of rotatable bonds is 3. The molecule has 7 nitrogen and oxygen atoms in total. The molecule has 0 aromatic heterocycles. The van der Waals surface area contributed by atoms with Gasteiger partial charge in [-0.3, -0.25) is 14.4 Å². The number of halogens is 3. The minimum Gasteiger partial charge on any atom is -0.483 e. The molecule has 1 heterocycles. The predicted molar refractivity (Wildman–Crippen MR) is 96.2 cm³/mol. The molecule has 1 saturated heterocycles. The summed E-state index contributed by atoms with van der Waals surface area (Å²) in [6.45, 7) is 14.4. The minimum absolute atomic E-state index is 0.00226. The average molecular weight is 412 g/mol. The van der Waals surface area contributed by atoms with Crippen LogP contribution in [0.25, 0.3) is 0 Å². The number of carbonyl (C=O) groups excluding carboxylic acids is 2. The topological polar surface area (TPSA) is 110 Å². The van der Waals surface area contributed by atoms with Crippen LogP contribution in [0.1, 0.15) is 48.0 Å². The highest BCUT2D eigenvalue weighted by molar-refractivity contribution is 5.79. The number of carbonyl (C=O) groups is 3. The highest BCUT2D eigenvalue weighted by Gasteiger charge is 2.62. The van der Waals surface area contributed by atoms with Crippen LogP contribution in [0.4, 0.5) is 13.2 Å². The van der Waals surface area contributed by atoms with E-state index in [0.717, 1.165) is 24.9 Å². The van der Waals surface area contributed by atoms with Gasteiger partial charge in [0.25, 0.3) is 6.47 Å². The maximum absolute atomic E-state index is 12.2. The maximum Gasteiger partial charge on any atom is 0.470 e. The Morgan fingerprint density at radius 1 is 1.25 bits per heavy atom. The largest absolute Gasteiger partial charge is 0.483 e. The fraction of sp³-hybridized carbons (Fsp3) is 0.833. The maximum atomic E-state index is 12.2. The van der Waals surface area contributed by atoms with Crippen molar-refractivity contribution in [3.8, 4) is 0 Å². The second-order valence-electron chi connectivity index (χ2n) is 8.55. The van der Waals surface area contributed by atoms with Crippen LogP contribution in [0.5, 0.6) is 0 Å². The van der Waals surface area contributed by atoms with E-state index in [-0.39, 0.29) is 24.1 Å². The van der Waals surface area contributed by atoms with E-state index in [1.54, 1.807) is 0 Å².